The van der Waals surface area contributed by atoms with Crippen molar-refractivity contribution < 1.29 is 4.79 Å². The summed E-state index contributed by atoms with van der Waals surface area (Å²) in [7, 11) is 0. The molecule has 1 unspecified atom stereocenters. The molecule has 0 spiro atoms. The van der Waals surface area contributed by atoms with Crippen LogP contribution in [0.15, 0.2) is 66.7 Å². The summed E-state index contributed by atoms with van der Waals surface area (Å²) in [6.45, 7) is 1.53. The standard InChI is InChI=1S/C22H20ClNOS/c23-20-8-4-3-7-19(20)21-11-12-24(13-14-26-21)22(25)18-10-9-16-5-1-2-6-17(16)15-18/h1-10,15,21H,11-14H2. The van der Waals surface area contributed by atoms with E-state index in [0.29, 0.717) is 5.25 Å². The van der Waals surface area contributed by atoms with E-state index in [1.54, 1.807) is 0 Å². The van der Waals surface area contributed by atoms with Crippen molar-refractivity contribution in [1.29, 1.82) is 0 Å². The number of amides is 1. The van der Waals surface area contributed by atoms with Gasteiger partial charge in [-0.25, -0.2) is 0 Å². The smallest absolute Gasteiger partial charge is 0.253 e. The first-order valence-corrected chi connectivity index (χ1v) is 10.3. The first kappa shape index (κ1) is 17.4. The molecule has 1 fully saturated rings. The van der Waals surface area contributed by atoms with E-state index in [0.717, 1.165) is 46.6 Å². The van der Waals surface area contributed by atoms with E-state index in [1.807, 2.05) is 65.2 Å². The number of thioether (sulfide) groups is 1. The Bertz CT molecular complexity index is 942. The van der Waals surface area contributed by atoms with Crippen LogP contribution in [0, 0.1) is 0 Å². The molecule has 0 saturated carbocycles. The highest BCUT2D eigenvalue weighted by Crippen LogP contribution is 2.38. The Kier molecular flexibility index (Phi) is 5.18. The van der Waals surface area contributed by atoms with Gasteiger partial charge in [0, 0.05) is 34.7 Å². The highest BCUT2D eigenvalue weighted by atomic mass is 35.5. The van der Waals surface area contributed by atoms with Crippen molar-refractivity contribution in [2.45, 2.75) is 11.7 Å². The van der Waals surface area contributed by atoms with Crippen molar-refractivity contribution in [3.05, 3.63) is 82.9 Å². The van der Waals surface area contributed by atoms with Crippen LogP contribution >= 0.6 is 23.4 Å². The lowest BCUT2D eigenvalue weighted by Gasteiger charge is -2.21. The van der Waals surface area contributed by atoms with Crippen LogP contribution in [0.2, 0.25) is 5.02 Å². The minimum Gasteiger partial charge on any atom is -0.338 e. The zero-order valence-electron chi connectivity index (χ0n) is 14.4. The summed E-state index contributed by atoms with van der Waals surface area (Å²) >= 11 is 8.26. The molecule has 1 aliphatic heterocycles. The Morgan fingerprint density at radius 3 is 2.58 bits per heavy atom. The summed E-state index contributed by atoms with van der Waals surface area (Å²) in [4.78, 5) is 15.0. The van der Waals surface area contributed by atoms with Crippen molar-refractivity contribution in [2.75, 3.05) is 18.8 Å². The number of carbonyl (C=O) groups excluding carboxylic acids is 1. The average molecular weight is 382 g/mol. The summed E-state index contributed by atoms with van der Waals surface area (Å²) in [5.74, 6) is 1.05. The van der Waals surface area contributed by atoms with Crippen molar-refractivity contribution in [3.63, 3.8) is 0 Å². The minimum absolute atomic E-state index is 0.121. The van der Waals surface area contributed by atoms with Crippen molar-refractivity contribution >= 4 is 40.0 Å². The first-order valence-electron chi connectivity index (χ1n) is 8.86. The van der Waals surface area contributed by atoms with Crippen molar-refractivity contribution in [2.24, 2.45) is 0 Å². The number of hydrogen-bond donors (Lipinski definition) is 0. The number of nitrogens with zero attached hydrogens (tertiary/aromatic N) is 1. The second kappa shape index (κ2) is 7.73. The summed E-state index contributed by atoms with van der Waals surface area (Å²) < 4.78 is 0. The van der Waals surface area contributed by atoms with Gasteiger partial charge in [0.1, 0.15) is 0 Å². The molecule has 1 amide bonds. The molecule has 0 N–H and O–H groups in total. The Morgan fingerprint density at radius 2 is 1.73 bits per heavy atom. The normalized spacial score (nSPS) is 17.9. The molecule has 1 atom stereocenters. The second-order valence-corrected chi connectivity index (χ2v) is 8.24. The number of halogens is 1. The van der Waals surface area contributed by atoms with Crippen LogP contribution < -0.4 is 0 Å². The van der Waals surface area contributed by atoms with Crippen molar-refractivity contribution in [3.8, 4) is 0 Å². The van der Waals surface area contributed by atoms with Crippen LogP contribution in [0.4, 0.5) is 0 Å². The molecule has 0 radical (unpaired) electrons. The highest BCUT2D eigenvalue weighted by Gasteiger charge is 2.24. The maximum atomic E-state index is 13.0. The predicted octanol–water partition coefficient (Wildman–Crippen LogP) is 5.81. The number of benzene rings is 3. The largest absolute Gasteiger partial charge is 0.338 e. The zero-order chi connectivity index (χ0) is 17.9. The quantitative estimate of drug-likeness (QED) is 0.558. The Labute approximate surface area is 163 Å². The lowest BCUT2D eigenvalue weighted by Crippen LogP contribution is -2.32. The number of carbonyl (C=O) groups is 1. The lowest BCUT2D eigenvalue weighted by atomic mass is 10.1. The molecule has 0 aliphatic carbocycles. The van der Waals surface area contributed by atoms with Gasteiger partial charge in [-0.15, -0.1) is 0 Å². The monoisotopic (exact) mass is 381 g/mol. The van der Waals surface area contributed by atoms with Gasteiger partial charge in [0.2, 0.25) is 0 Å². The van der Waals surface area contributed by atoms with Gasteiger partial charge in [0.25, 0.3) is 5.91 Å². The van der Waals surface area contributed by atoms with Crippen LogP contribution in [0.5, 0.6) is 0 Å². The molecular weight excluding hydrogens is 362 g/mol. The van der Waals surface area contributed by atoms with Gasteiger partial charge in [-0.1, -0.05) is 60.1 Å². The molecule has 1 aliphatic rings. The molecule has 26 heavy (non-hydrogen) atoms. The summed E-state index contributed by atoms with van der Waals surface area (Å²) in [6, 6.07) is 22.2. The molecule has 0 aromatic heterocycles. The van der Waals surface area contributed by atoms with Gasteiger partial charge in [-0.2, -0.15) is 11.8 Å². The molecule has 0 bridgehead atoms. The topological polar surface area (TPSA) is 20.3 Å². The fraction of sp³-hybridized carbons (Fsp3) is 0.227. The average Bonchev–Trinajstić information content (AvgIpc) is 2.93. The second-order valence-electron chi connectivity index (χ2n) is 6.52. The van der Waals surface area contributed by atoms with Crippen molar-refractivity contribution in [1.82, 2.24) is 4.90 Å². The Hall–Kier alpha value is -1.97. The van der Waals surface area contributed by atoms with E-state index in [1.165, 1.54) is 5.56 Å². The van der Waals surface area contributed by atoms with Gasteiger partial charge < -0.3 is 4.90 Å². The SMILES string of the molecule is O=C(c1ccc2ccccc2c1)N1CCSC(c2ccccc2Cl)CC1. The van der Waals surface area contributed by atoms with Crippen LogP contribution in [-0.2, 0) is 0 Å². The van der Waals surface area contributed by atoms with Crippen LogP contribution in [-0.4, -0.2) is 29.6 Å². The van der Waals surface area contributed by atoms with Gasteiger partial charge in [-0.3, -0.25) is 4.79 Å². The van der Waals surface area contributed by atoms with Crippen LogP contribution in [0.3, 0.4) is 0 Å². The molecule has 3 aromatic rings. The number of rotatable bonds is 2. The molecule has 4 heteroatoms. The molecule has 1 heterocycles. The van der Waals surface area contributed by atoms with E-state index in [-0.39, 0.29) is 5.91 Å². The maximum absolute atomic E-state index is 13.0. The third-order valence-electron chi connectivity index (χ3n) is 4.88. The number of hydrogen-bond acceptors (Lipinski definition) is 2. The predicted molar refractivity (Wildman–Crippen MR) is 111 cm³/mol. The molecule has 1 saturated heterocycles. The van der Waals surface area contributed by atoms with Gasteiger partial charge in [-0.05, 0) is 41.0 Å². The fourth-order valence-electron chi connectivity index (χ4n) is 3.46. The van der Waals surface area contributed by atoms with Gasteiger partial charge in [0.05, 0.1) is 0 Å². The van der Waals surface area contributed by atoms with E-state index < -0.39 is 0 Å². The van der Waals surface area contributed by atoms with Gasteiger partial charge in [0.15, 0.2) is 0 Å². The van der Waals surface area contributed by atoms with Crippen LogP contribution in [0.25, 0.3) is 10.8 Å². The first-order chi connectivity index (χ1) is 12.7. The van der Waals surface area contributed by atoms with E-state index in [9.17, 15) is 4.79 Å². The maximum Gasteiger partial charge on any atom is 0.253 e. The zero-order valence-corrected chi connectivity index (χ0v) is 16.0. The van der Waals surface area contributed by atoms with E-state index in [4.69, 9.17) is 11.6 Å². The third kappa shape index (κ3) is 3.60. The highest BCUT2D eigenvalue weighted by molar-refractivity contribution is 7.99. The van der Waals surface area contributed by atoms with E-state index in [2.05, 4.69) is 18.2 Å². The molecule has 3 aromatic carbocycles. The minimum atomic E-state index is 0.121. The molecule has 2 nitrogen and oxygen atoms in total. The molecule has 4 rings (SSSR count). The lowest BCUT2D eigenvalue weighted by molar-refractivity contribution is 0.0767. The Balaban J connectivity index is 1.51. The third-order valence-corrected chi connectivity index (χ3v) is 6.53. The van der Waals surface area contributed by atoms with Gasteiger partial charge >= 0.3 is 0 Å². The number of fused-ring (bicyclic) bond motifs is 1. The summed E-state index contributed by atoms with van der Waals surface area (Å²) in [5.41, 5.74) is 1.95. The van der Waals surface area contributed by atoms with Crippen LogP contribution in [0.1, 0.15) is 27.6 Å². The molecule has 132 valence electrons. The fourth-order valence-corrected chi connectivity index (χ4v) is 5.06. The summed E-state index contributed by atoms with van der Waals surface area (Å²) in [5, 5.41) is 3.43. The van der Waals surface area contributed by atoms with E-state index >= 15 is 0 Å². The molecular formula is C22H20ClNOS. The summed E-state index contributed by atoms with van der Waals surface area (Å²) in [6.07, 6.45) is 0.924. The Morgan fingerprint density at radius 1 is 0.962 bits per heavy atom.